The standard InChI is InChI=1S/C6H8BrNOS/c1-4(2)9-6-8-5(7)3-10-6/h3-4H,1-2H3. The maximum Gasteiger partial charge on any atom is 0.274 e. The molecule has 0 aromatic carbocycles. The molecular formula is C6H8BrNOS. The molecule has 0 saturated carbocycles. The number of nitrogens with zero attached hydrogens (tertiary/aromatic N) is 1. The third-order valence-electron chi connectivity index (χ3n) is 0.792. The molecule has 1 rings (SSSR count). The first-order chi connectivity index (χ1) is 4.68. The fraction of sp³-hybridized carbons (Fsp3) is 0.500. The summed E-state index contributed by atoms with van der Waals surface area (Å²) < 4.78 is 6.15. The fourth-order valence-corrected chi connectivity index (χ4v) is 1.70. The molecule has 0 atom stereocenters. The van der Waals surface area contributed by atoms with Gasteiger partial charge in [-0.2, -0.15) is 4.98 Å². The summed E-state index contributed by atoms with van der Waals surface area (Å²) in [6.07, 6.45) is 0.207. The highest BCUT2D eigenvalue weighted by Crippen LogP contribution is 2.22. The van der Waals surface area contributed by atoms with Crippen LogP contribution in [0.4, 0.5) is 0 Å². The summed E-state index contributed by atoms with van der Waals surface area (Å²) in [7, 11) is 0. The molecule has 1 aromatic rings. The van der Waals surface area contributed by atoms with Crippen molar-refractivity contribution in [1.29, 1.82) is 0 Å². The number of thiazole rings is 1. The average molecular weight is 222 g/mol. The van der Waals surface area contributed by atoms with E-state index in [4.69, 9.17) is 4.74 Å². The van der Waals surface area contributed by atoms with Gasteiger partial charge in [0.1, 0.15) is 4.60 Å². The van der Waals surface area contributed by atoms with Crippen molar-refractivity contribution < 1.29 is 4.74 Å². The minimum absolute atomic E-state index is 0.207. The summed E-state index contributed by atoms with van der Waals surface area (Å²) in [5.41, 5.74) is 0. The minimum Gasteiger partial charge on any atom is -0.467 e. The lowest BCUT2D eigenvalue weighted by molar-refractivity contribution is 0.241. The molecule has 0 saturated heterocycles. The van der Waals surface area contributed by atoms with Gasteiger partial charge in [0.25, 0.3) is 5.19 Å². The van der Waals surface area contributed by atoms with Crippen molar-refractivity contribution in [2.45, 2.75) is 20.0 Å². The van der Waals surface area contributed by atoms with E-state index in [0.717, 1.165) is 9.80 Å². The molecule has 4 heteroatoms. The Hall–Kier alpha value is -0.0900. The lowest BCUT2D eigenvalue weighted by atomic mass is 10.5. The first-order valence-corrected chi connectivity index (χ1v) is 4.63. The number of halogens is 1. The quantitative estimate of drug-likeness (QED) is 0.767. The molecule has 0 aliphatic rings. The highest BCUT2D eigenvalue weighted by molar-refractivity contribution is 9.10. The van der Waals surface area contributed by atoms with Crippen LogP contribution in [0.5, 0.6) is 5.19 Å². The van der Waals surface area contributed by atoms with Crippen molar-refractivity contribution in [3.8, 4) is 5.19 Å². The zero-order valence-corrected chi connectivity index (χ0v) is 8.20. The number of ether oxygens (including phenoxy) is 1. The molecule has 2 nitrogen and oxygen atoms in total. The normalized spacial score (nSPS) is 10.4. The molecule has 0 radical (unpaired) electrons. The Labute approximate surface area is 72.4 Å². The second kappa shape index (κ2) is 3.34. The number of aromatic nitrogens is 1. The molecule has 0 spiro atoms. The second-order valence-corrected chi connectivity index (χ2v) is 3.74. The monoisotopic (exact) mass is 221 g/mol. The fourth-order valence-electron chi connectivity index (χ4n) is 0.495. The Morgan fingerprint density at radius 1 is 1.70 bits per heavy atom. The maximum atomic E-state index is 5.31. The van der Waals surface area contributed by atoms with Gasteiger partial charge in [-0.1, -0.05) is 11.3 Å². The first kappa shape index (κ1) is 8.01. The van der Waals surface area contributed by atoms with Crippen molar-refractivity contribution >= 4 is 27.3 Å². The number of hydrogen-bond acceptors (Lipinski definition) is 3. The van der Waals surface area contributed by atoms with Crippen molar-refractivity contribution in [2.24, 2.45) is 0 Å². The Bertz CT molecular complexity index is 211. The van der Waals surface area contributed by atoms with Crippen LogP contribution in [-0.4, -0.2) is 11.1 Å². The summed E-state index contributed by atoms with van der Waals surface area (Å²) in [6, 6.07) is 0. The van der Waals surface area contributed by atoms with Crippen molar-refractivity contribution in [3.63, 3.8) is 0 Å². The third-order valence-corrected chi connectivity index (χ3v) is 2.23. The van der Waals surface area contributed by atoms with E-state index < -0.39 is 0 Å². The second-order valence-electron chi connectivity index (χ2n) is 2.10. The van der Waals surface area contributed by atoms with Gasteiger partial charge in [0.05, 0.1) is 6.10 Å². The van der Waals surface area contributed by atoms with Crippen LogP contribution in [-0.2, 0) is 0 Å². The van der Waals surface area contributed by atoms with Gasteiger partial charge in [0.2, 0.25) is 0 Å². The third kappa shape index (κ3) is 2.27. The van der Waals surface area contributed by atoms with Crippen molar-refractivity contribution in [2.75, 3.05) is 0 Å². The predicted octanol–water partition coefficient (Wildman–Crippen LogP) is 2.69. The molecule has 0 amide bonds. The van der Waals surface area contributed by atoms with Crippen molar-refractivity contribution in [1.82, 2.24) is 4.98 Å². The van der Waals surface area contributed by atoms with Crippen LogP contribution >= 0.6 is 27.3 Å². The average Bonchev–Trinajstić information content (AvgIpc) is 2.13. The van der Waals surface area contributed by atoms with Crippen LogP contribution in [0.3, 0.4) is 0 Å². The summed E-state index contributed by atoms with van der Waals surface area (Å²) in [6.45, 7) is 3.96. The Morgan fingerprint density at radius 3 is 2.80 bits per heavy atom. The van der Waals surface area contributed by atoms with Crippen LogP contribution in [0.2, 0.25) is 0 Å². The van der Waals surface area contributed by atoms with Gasteiger partial charge >= 0.3 is 0 Å². The Kier molecular flexibility index (Phi) is 2.68. The van der Waals surface area contributed by atoms with Gasteiger partial charge in [0, 0.05) is 5.38 Å². The van der Waals surface area contributed by atoms with E-state index in [9.17, 15) is 0 Å². The lowest BCUT2D eigenvalue weighted by Gasteiger charge is -2.03. The van der Waals surface area contributed by atoms with E-state index in [1.165, 1.54) is 11.3 Å². The van der Waals surface area contributed by atoms with Gasteiger partial charge < -0.3 is 4.74 Å². The van der Waals surface area contributed by atoms with E-state index in [1.807, 2.05) is 19.2 Å². The van der Waals surface area contributed by atoms with Gasteiger partial charge in [-0.05, 0) is 29.8 Å². The minimum atomic E-state index is 0.207. The zero-order valence-electron chi connectivity index (χ0n) is 5.80. The van der Waals surface area contributed by atoms with Gasteiger partial charge in [-0.25, -0.2) is 0 Å². The zero-order chi connectivity index (χ0) is 7.56. The Balaban J connectivity index is 2.58. The largest absolute Gasteiger partial charge is 0.467 e. The maximum absolute atomic E-state index is 5.31. The van der Waals surface area contributed by atoms with E-state index >= 15 is 0 Å². The number of rotatable bonds is 2. The van der Waals surface area contributed by atoms with Crippen LogP contribution < -0.4 is 4.74 Å². The van der Waals surface area contributed by atoms with Crippen molar-refractivity contribution in [3.05, 3.63) is 9.98 Å². The summed E-state index contributed by atoms with van der Waals surface area (Å²) >= 11 is 4.74. The van der Waals surface area contributed by atoms with E-state index in [-0.39, 0.29) is 6.10 Å². The molecule has 0 unspecified atom stereocenters. The highest BCUT2D eigenvalue weighted by atomic mass is 79.9. The molecule has 1 heterocycles. The van der Waals surface area contributed by atoms with Crippen LogP contribution in [0.15, 0.2) is 9.98 Å². The van der Waals surface area contributed by atoms with Gasteiger partial charge in [-0.15, -0.1) is 0 Å². The highest BCUT2D eigenvalue weighted by Gasteiger charge is 2.01. The predicted molar refractivity (Wildman–Crippen MR) is 45.6 cm³/mol. The van der Waals surface area contributed by atoms with Gasteiger partial charge in [0.15, 0.2) is 0 Å². The molecule has 56 valence electrons. The topological polar surface area (TPSA) is 22.1 Å². The Morgan fingerprint density at radius 2 is 2.40 bits per heavy atom. The summed E-state index contributed by atoms with van der Waals surface area (Å²) in [4.78, 5) is 4.06. The molecule has 0 N–H and O–H groups in total. The van der Waals surface area contributed by atoms with Crippen LogP contribution in [0.25, 0.3) is 0 Å². The number of hydrogen-bond donors (Lipinski definition) is 0. The molecule has 1 aromatic heterocycles. The van der Waals surface area contributed by atoms with Crippen LogP contribution in [0.1, 0.15) is 13.8 Å². The molecule has 0 aliphatic heterocycles. The lowest BCUT2D eigenvalue weighted by Crippen LogP contribution is -2.04. The molecule has 0 fully saturated rings. The van der Waals surface area contributed by atoms with E-state index in [1.54, 1.807) is 0 Å². The molecular weight excluding hydrogens is 214 g/mol. The van der Waals surface area contributed by atoms with E-state index in [0.29, 0.717) is 0 Å². The van der Waals surface area contributed by atoms with Crippen LogP contribution in [0, 0.1) is 0 Å². The summed E-state index contributed by atoms with van der Waals surface area (Å²) in [5.74, 6) is 0. The SMILES string of the molecule is CC(C)Oc1nc(Br)cs1. The summed E-state index contributed by atoms with van der Waals surface area (Å²) in [5, 5.41) is 2.62. The van der Waals surface area contributed by atoms with E-state index in [2.05, 4.69) is 20.9 Å². The molecule has 0 aliphatic carbocycles. The molecule has 10 heavy (non-hydrogen) atoms. The first-order valence-electron chi connectivity index (χ1n) is 2.96. The van der Waals surface area contributed by atoms with Gasteiger partial charge in [-0.3, -0.25) is 0 Å². The smallest absolute Gasteiger partial charge is 0.274 e. The molecule has 0 bridgehead atoms.